The lowest BCUT2D eigenvalue weighted by atomic mass is 9.89. The quantitative estimate of drug-likeness (QED) is 0.823. The van der Waals surface area contributed by atoms with Gasteiger partial charge in [-0.25, -0.2) is 9.97 Å². The lowest BCUT2D eigenvalue weighted by Gasteiger charge is -2.22. The van der Waals surface area contributed by atoms with Gasteiger partial charge in [-0.15, -0.1) is 0 Å². The SMILES string of the molecule is CCCC(=NC)C1=C(N)CCc2cnc(Nc3ccccc3)nc21. The van der Waals surface area contributed by atoms with Crippen LogP contribution < -0.4 is 11.1 Å². The van der Waals surface area contributed by atoms with E-state index < -0.39 is 0 Å². The number of nitrogens with two attached hydrogens (primary N) is 1. The van der Waals surface area contributed by atoms with Crippen molar-refractivity contribution < 1.29 is 0 Å². The van der Waals surface area contributed by atoms with Gasteiger partial charge in [0.2, 0.25) is 5.95 Å². The van der Waals surface area contributed by atoms with Crippen molar-refractivity contribution in [2.75, 3.05) is 12.4 Å². The Kier molecular flexibility index (Phi) is 4.89. The predicted molar refractivity (Wildman–Crippen MR) is 99.5 cm³/mol. The maximum atomic E-state index is 6.32. The van der Waals surface area contributed by atoms with E-state index in [4.69, 9.17) is 10.7 Å². The summed E-state index contributed by atoms with van der Waals surface area (Å²) >= 11 is 0. The molecule has 0 radical (unpaired) electrons. The molecule has 0 saturated carbocycles. The lowest BCUT2D eigenvalue weighted by Crippen LogP contribution is -2.19. The highest BCUT2D eigenvalue weighted by molar-refractivity contribution is 6.24. The standard InChI is InChI=1S/C19H23N5/c1-3-7-16(21-2)17-15(20)11-10-13-12-22-19(24-18(13)17)23-14-8-5-4-6-9-14/h4-6,8-9,12H,3,7,10-11,20H2,1-2H3,(H,22,23,24). The summed E-state index contributed by atoms with van der Waals surface area (Å²) in [4.78, 5) is 13.7. The van der Waals surface area contributed by atoms with Crippen molar-refractivity contribution in [3.8, 4) is 0 Å². The first-order valence-corrected chi connectivity index (χ1v) is 8.36. The van der Waals surface area contributed by atoms with Gasteiger partial charge in [0.05, 0.1) is 5.69 Å². The van der Waals surface area contributed by atoms with E-state index in [0.29, 0.717) is 5.95 Å². The second kappa shape index (κ2) is 7.25. The zero-order valence-electron chi connectivity index (χ0n) is 14.2. The van der Waals surface area contributed by atoms with E-state index in [1.165, 1.54) is 0 Å². The molecule has 0 amide bonds. The van der Waals surface area contributed by atoms with E-state index >= 15 is 0 Å². The molecule has 0 aliphatic heterocycles. The van der Waals surface area contributed by atoms with Crippen LogP contribution in [0.1, 0.15) is 37.4 Å². The van der Waals surface area contributed by atoms with Gasteiger partial charge in [-0.05, 0) is 37.0 Å². The second-order valence-electron chi connectivity index (χ2n) is 5.88. The Balaban J connectivity index is 1.99. The number of aromatic nitrogens is 2. The van der Waals surface area contributed by atoms with Crippen LogP contribution in [0, 0.1) is 0 Å². The molecule has 0 unspecified atom stereocenters. The molecule has 1 aromatic carbocycles. The van der Waals surface area contributed by atoms with E-state index in [1.807, 2.05) is 43.6 Å². The number of nitrogens with zero attached hydrogens (tertiary/aromatic N) is 3. The molecule has 0 atom stereocenters. The molecule has 0 bridgehead atoms. The number of nitrogens with one attached hydrogen (secondary N) is 1. The fraction of sp³-hybridized carbons (Fsp3) is 0.316. The van der Waals surface area contributed by atoms with Crippen LogP contribution in [0.5, 0.6) is 0 Å². The van der Waals surface area contributed by atoms with Gasteiger partial charge in [0.25, 0.3) is 0 Å². The van der Waals surface area contributed by atoms with Gasteiger partial charge in [0, 0.05) is 35.9 Å². The van der Waals surface area contributed by atoms with Gasteiger partial charge >= 0.3 is 0 Å². The molecular weight excluding hydrogens is 298 g/mol. The summed E-state index contributed by atoms with van der Waals surface area (Å²) < 4.78 is 0. The molecule has 0 spiro atoms. The zero-order chi connectivity index (χ0) is 16.9. The third kappa shape index (κ3) is 3.30. The summed E-state index contributed by atoms with van der Waals surface area (Å²) in [5, 5.41) is 3.25. The molecule has 0 fully saturated rings. The van der Waals surface area contributed by atoms with Crippen LogP contribution in [-0.2, 0) is 6.42 Å². The number of fused-ring (bicyclic) bond motifs is 1. The third-order valence-corrected chi connectivity index (χ3v) is 4.16. The third-order valence-electron chi connectivity index (χ3n) is 4.16. The number of anilines is 2. The summed E-state index contributed by atoms with van der Waals surface area (Å²) in [6.45, 7) is 2.15. The first-order chi connectivity index (χ1) is 11.7. The van der Waals surface area contributed by atoms with E-state index in [2.05, 4.69) is 22.2 Å². The Hall–Kier alpha value is -2.69. The summed E-state index contributed by atoms with van der Waals surface area (Å²) in [5.41, 5.74) is 12.2. The van der Waals surface area contributed by atoms with Crippen LogP contribution >= 0.6 is 0 Å². The highest BCUT2D eigenvalue weighted by Gasteiger charge is 2.23. The number of allylic oxidation sites excluding steroid dienone is 2. The first kappa shape index (κ1) is 16.2. The van der Waals surface area contributed by atoms with E-state index in [0.717, 1.165) is 59.6 Å². The molecule has 5 nitrogen and oxygen atoms in total. The van der Waals surface area contributed by atoms with Crippen LogP contribution in [0.2, 0.25) is 0 Å². The van der Waals surface area contributed by atoms with Crippen molar-refractivity contribution in [1.82, 2.24) is 9.97 Å². The Morgan fingerprint density at radius 1 is 1.25 bits per heavy atom. The number of para-hydroxylation sites is 1. The Labute approximate surface area is 142 Å². The van der Waals surface area contributed by atoms with E-state index in [9.17, 15) is 0 Å². The fourth-order valence-corrected chi connectivity index (χ4v) is 2.97. The molecule has 1 aliphatic rings. The average Bonchev–Trinajstić information content (AvgIpc) is 2.61. The summed E-state index contributed by atoms with van der Waals surface area (Å²) in [5.74, 6) is 0.583. The molecule has 3 rings (SSSR count). The number of benzene rings is 1. The molecule has 1 aromatic heterocycles. The molecule has 5 heteroatoms. The Bertz CT molecular complexity index is 778. The minimum absolute atomic E-state index is 0.583. The van der Waals surface area contributed by atoms with Gasteiger partial charge < -0.3 is 11.1 Å². The van der Waals surface area contributed by atoms with E-state index in [-0.39, 0.29) is 0 Å². The minimum Gasteiger partial charge on any atom is -0.401 e. The monoisotopic (exact) mass is 321 g/mol. The number of hydrogen-bond donors (Lipinski definition) is 2. The molecule has 1 aliphatic carbocycles. The minimum atomic E-state index is 0.583. The normalized spacial score (nSPS) is 14.5. The fourth-order valence-electron chi connectivity index (χ4n) is 2.97. The molecule has 3 N–H and O–H groups in total. The summed E-state index contributed by atoms with van der Waals surface area (Å²) in [7, 11) is 1.82. The maximum Gasteiger partial charge on any atom is 0.227 e. The maximum absolute atomic E-state index is 6.32. The number of rotatable bonds is 5. The highest BCUT2D eigenvalue weighted by atomic mass is 15.1. The predicted octanol–water partition coefficient (Wildman–Crippen LogP) is 3.71. The number of aryl methyl sites for hydroxylation is 1. The average molecular weight is 321 g/mol. The Morgan fingerprint density at radius 3 is 2.75 bits per heavy atom. The van der Waals surface area contributed by atoms with Crippen LogP contribution in [0.3, 0.4) is 0 Å². The van der Waals surface area contributed by atoms with Gasteiger partial charge in [-0.3, -0.25) is 4.99 Å². The van der Waals surface area contributed by atoms with Crippen LogP contribution in [-0.4, -0.2) is 22.7 Å². The number of aliphatic imine (C=N–C) groups is 1. The van der Waals surface area contributed by atoms with E-state index in [1.54, 1.807) is 0 Å². The Morgan fingerprint density at radius 2 is 2.04 bits per heavy atom. The van der Waals surface area contributed by atoms with Crippen LogP contribution in [0.15, 0.2) is 47.2 Å². The van der Waals surface area contributed by atoms with Gasteiger partial charge in [0.15, 0.2) is 0 Å². The van der Waals surface area contributed by atoms with Crippen molar-refractivity contribution in [2.24, 2.45) is 10.7 Å². The van der Waals surface area contributed by atoms with Crippen molar-refractivity contribution in [3.63, 3.8) is 0 Å². The van der Waals surface area contributed by atoms with Crippen LogP contribution in [0.25, 0.3) is 5.57 Å². The zero-order valence-corrected chi connectivity index (χ0v) is 14.2. The topological polar surface area (TPSA) is 76.2 Å². The molecular formula is C19H23N5. The lowest BCUT2D eigenvalue weighted by molar-refractivity contribution is 0.877. The second-order valence-corrected chi connectivity index (χ2v) is 5.88. The van der Waals surface area contributed by atoms with Gasteiger partial charge in [0.1, 0.15) is 0 Å². The largest absolute Gasteiger partial charge is 0.401 e. The van der Waals surface area contributed by atoms with Crippen molar-refractivity contribution >= 4 is 22.9 Å². The molecule has 124 valence electrons. The van der Waals surface area contributed by atoms with Crippen molar-refractivity contribution in [2.45, 2.75) is 32.6 Å². The number of hydrogen-bond acceptors (Lipinski definition) is 5. The van der Waals surface area contributed by atoms with Gasteiger partial charge in [-0.1, -0.05) is 31.5 Å². The molecule has 1 heterocycles. The van der Waals surface area contributed by atoms with Crippen molar-refractivity contribution in [1.29, 1.82) is 0 Å². The molecule has 24 heavy (non-hydrogen) atoms. The molecule has 2 aromatic rings. The summed E-state index contributed by atoms with van der Waals surface area (Å²) in [6.07, 6.45) is 5.54. The first-order valence-electron chi connectivity index (χ1n) is 8.36. The van der Waals surface area contributed by atoms with Crippen molar-refractivity contribution in [3.05, 3.63) is 53.5 Å². The van der Waals surface area contributed by atoms with Gasteiger partial charge in [-0.2, -0.15) is 0 Å². The smallest absolute Gasteiger partial charge is 0.227 e. The summed E-state index contributed by atoms with van der Waals surface area (Å²) in [6, 6.07) is 9.92. The molecule has 0 saturated heterocycles. The van der Waals surface area contributed by atoms with Crippen LogP contribution in [0.4, 0.5) is 11.6 Å². The highest BCUT2D eigenvalue weighted by Crippen LogP contribution is 2.30.